The van der Waals surface area contributed by atoms with Gasteiger partial charge in [-0.15, -0.1) is 0 Å². The number of aryl methyl sites for hydroxylation is 1. The molecule has 0 unspecified atom stereocenters. The van der Waals surface area contributed by atoms with E-state index in [1.165, 1.54) is 0 Å². The molecule has 5 heteroatoms. The fraction of sp³-hybridized carbons (Fsp3) is 0.0435. The molecule has 242 valence electrons. The molecule has 2 aliphatic rings. The summed E-state index contributed by atoms with van der Waals surface area (Å²) in [6.45, 7) is 2.96. The average molecular weight is 660 g/mol. The Hall–Kier alpha value is -6.72. The van der Waals surface area contributed by atoms with Crippen LogP contribution in [0.2, 0.25) is 0 Å². The minimum atomic E-state index is -0.130. The molecular weight excluding hydrogens is 631 g/mol. The van der Waals surface area contributed by atoms with Gasteiger partial charge in [-0.3, -0.25) is 19.2 Å². The highest BCUT2D eigenvalue weighted by molar-refractivity contribution is 6.29. The molecule has 0 bridgehead atoms. The van der Waals surface area contributed by atoms with Gasteiger partial charge in [0.15, 0.2) is 23.1 Å². The number of ketones is 4. The van der Waals surface area contributed by atoms with Crippen molar-refractivity contribution in [3.05, 3.63) is 188 Å². The minimum absolute atomic E-state index is 0.122. The molecule has 0 spiro atoms. The van der Waals surface area contributed by atoms with E-state index in [0.29, 0.717) is 44.5 Å². The number of carbonyl (C=O) groups is 4. The molecule has 1 heterocycles. The van der Waals surface area contributed by atoms with Gasteiger partial charge >= 0.3 is 0 Å². The van der Waals surface area contributed by atoms with Crippen LogP contribution in [0.4, 0.5) is 0 Å². The highest BCUT2D eigenvalue weighted by Crippen LogP contribution is 2.33. The summed E-state index contributed by atoms with van der Waals surface area (Å²) >= 11 is 0. The summed E-state index contributed by atoms with van der Waals surface area (Å²) in [4.78, 5) is 52.6. The first-order valence-corrected chi connectivity index (χ1v) is 17.0. The summed E-state index contributed by atoms with van der Waals surface area (Å²) in [5.74, 6) is -0.503. The van der Waals surface area contributed by atoms with Crippen molar-refractivity contribution in [3.8, 4) is 0 Å². The van der Waals surface area contributed by atoms with E-state index in [-0.39, 0.29) is 23.1 Å². The maximum atomic E-state index is 13.2. The van der Waals surface area contributed by atoms with Crippen molar-refractivity contribution < 1.29 is 19.2 Å². The largest absolute Gasteiger partial charge is 0.341 e. The summed E-state index contributed by atoms with van der Waals surface area (Å²) < 4.78 is 2.31. The van der Waals surface area contributed by atoms with E-state index in [1.54, 1.807) is 72.8 Å². The van der Waals surface area contributed by atoms with E-state index >= 15 is 0 Å². The van der Waals surface area contributed by atoms with Crippen LogP contribution in [-0.4, -0.2) is 27.7 Å². The Bertz CT molecular complexity index is 2570. The molecule has 9 rings (SSSR count). The third kappa shape index (κ3) is 4.85. The molecule has 7 aromatic rings. The van der Waals surface area contributed by atoms with Crippen LogP contribution >= 0.6 is 0 Å². The molecule has 1 aromatic heterocycles. The van der Waals surface area contributed by atoms with E-state index in [1.807, 2.05) is 36.4 Å². The number of rotatable bonds is 5. The van der Waals surface area contributed by atoms with Gasteiger partial charge in [0.1, 0.15) is 0 Å². The second kappa shape index (κ2) is 11.7. The molecular formula is C46H29NO4. The first-order chi connectivity index (χ1) is 24.9. The first kappa shape index (κ1) is 30.3. The van der Waals surface area contributed by atoms with Gasteiger partial charge in [0.25, 0.3) is 0 Å². The predicted molar refractivity (Wildman–Crippen MR) is 202 cm³/mol. The lowest BCUT2D eigenvalue weighted by atomic mass is 9.83. The lowest BCUT2D eigenvalue weighted by Crippen LogP contribution is -2.20. The molecule has 2 aliphatic carbocycles. The van der Waals surface area contributed by atoms with Gasteiger partial charge in [0, 0.05) is 72.9 Å². The van der Waals surface area contributed by atoms with Gasteiger partial charge in [0.2, 0.25) is 0 Å². The molecule has 51 heavy (non-hydrogen) atoms. The number of hydrogen-bond acceptors (Lipinski definition) is 4. The van der Waals surface area contributed by atoms with Gasteiger partial charge in [0.05, 0.1) is 0 Å². The maximum absolute atomic E-state index is 13.2. The highest BCUT2D eigenvalue weighted by atomic mass is 16.1. The van der Waals surface area contributed by atoms with Gasteiger partial charge in [-0.2, -0.15) is 0 Å². The zero-order valence-corrected chi connectivity index (χ0v) is 27.6. The number of carbonyl (C=O) groups excluding carboxylic acids is 4. The van der Waals surface area contributed by atoms with Gasteiger partial charge in [-0.1, -0.05) is 97.1 Å². The molecule has 6 aromatic carbocycles. The number of benzene rings is 6. The van der Waals surface area contributed by atoms with Crippen molar-refractivity contribution >= 4 is 69.2 Å². The monoisotopic (exact) mass is 659 g/mol. The van der Waals surface area contributed by atoms with Crippen LogP contribution in [-0.2, 0) is 6.54 Å². The topological polar surface area (TPSA) is 73.2 Å². The second-order valence-corrected chi connectivity index (χ2v) is 13.0. The number of fused-ring (bicyclic) bond motifs is 7. The van der Waals surface area contributed by atoms with E-state index in [2.05, 4.69) is 47.9 Å². The molecule has 0 radical (unpaired) electrons. The summed E-state index contributed by atoms with van der Waals surface area (Å²) in [5.41, 5.74) is 9.54. The second-order valence-electron chi connectivity index (χ2n) is 13.0. The van der Waals surface area contributed by atoms with Crippen LogP contribution in [0.3, 0.4) is 0 Å². The van der Waals surface area contributed by atoms with E-state index < -0.39 is 0 Å². The molecule has 0 aliphatic heterocycles. The summed E-state index contributed by atoms with van der Waals surface area (Å²) in [5, 5.41) is 2.26. The smallest absolute Gasteiger partial charge is 0.194 e. The zero-order chi connectivity index (χ0) is 34.8. The third-order valence-electron chi connectivity index (χ3n) is 10.1. The molecule has 0 saturated heterocycles. The summed E-state index contributed by atoms with van der Waals surface area (Å²) in [7, 11) is 0. The third-order valence-corrected chi connectivity index (χ3v) is 10.1. The van der Waals surface area contributed by atoms with E-state index in [0.717, 1.165) is 50.6 Å². The first-order valence-electron chi connectivity index (χ1n) is 17.0. The SMILES string of the molecule is CCn1c2ccc(C=Cc3ccc4c(c3)C(=O)c3ccccc3C4=O)cc2c2cc(C=Cc3ccc4c(c3)C(=O)c3ccccc3C4=O)ccc21. The van der Waals surface area contributed by atoms with Crippen molar-refractivity contribution in [3.63, 3.8) is 0 Å². The predicted octanol–water partition coefficient (Wildman–Crippen LogP) is 9.71. The van der Waals surface area contributed by atoms with E-state index in [4.69, 9.17) is 0 Å². The van der Waals surface area contributed by atoms with Crippen molar-refractivity contribution in [1.82, 2.24) is 4.57 Å². The Morgan fingerprint density at radius 2 is 0.706 bits per heavy atom. The van der Waals surface area contributed by atoms with Crippen molar-refractivity contribution in [2.45, 2.75) is 13.5 Å². The average Bonchev–Trinajstić information content (AvgIpc) is 3.49. The maximum Gasteiger partial charge on any atom is 0.194 e. The van der Waals surface area contributed by atoms with Gasteiger partial charge in [-0.05, 0) is 77.7 Å². The van der Waals surface area contributed by atoms with Crippen LogP contribution in [0.15, 0.2) is 121 Å². The Balaban J connectivity index is 1.03. The minimum Gasteiger partial charge on any atom is -0.341 e. The number of aromatic nitrogens is 1. The standard InChI is InChI=1S/C46H29NO4/c1-2-47-41-21-17-29(13-11-27-15-19-35-39(25-27)45(50)33-9-5-3-7-31(33)43(35)48)23-37(41)38-24-30(18-22-42(38)47)14-12-28-16-20-36-40(26-28)46(51)34-10-6-4-8-32(34)44(36)49/h3-26H,2H2,1H3. The molecule has 0 saturated carbocycles. The Morgan fingerprint density at radius 1 is 0.392 bits per heavy atom. The van der Waals surface area contributed by atoms with Crippen molar-refractivity contribution in [1.29, 1.82) is 0 Å². The molecule has 0 fully saturated rings. The van der Waals surface area contributed by atoms with Crippen LogP contribution in [0.1, 0.15) is 92.9 Å². The molecule has 0 N–H and O–H groups in total. The van der Waals surface area contributed by atoms with E-state index in [9.17, 15) is 19.2 Å². The fourth-order valence-corrected chi connectivity index (χ4v) is 7.51. The van der Waals surface area contributed by atoms with Crippen molar-refractivity contribution in [2.24, 2.45) is 0 Å². The highest BCUT2D eigenvalue weighted by Gasteiger charge is 2.30. The lowest BCUT2D eigenvalue weighted by molar-refractivity contribution is 0.0979. The van der Waals surface area contributed by atoms with Gasteiger partial charge in [-0.25, -0.2) is 0 Å². The lowest BCUT2D eigenvalue weighted by Gasteiger charge is -2.17. The quantitative estimate of drug-likeness (QED) is 0.173. The molecule has 5 nitrogen and oxygen atoms in total. The Morgan fingerprint density at radius 3 is 1.08 bits per heavy atom. The van der Waals surface area contributed by atoms with Crippen molar-refractivity contribution in [2.75, 3.05) is 0 Å². The zero-order valence-electron chi connectivity index (χ0n) is 27.6. The number of hydrogen-bond donors (Lipinski definition) is 0. The van der Waals surface area contributed by atoms with Crippen LogP contribution in [0.25, 0.3) is 46.1 Å². The van der Waals surface area contributed by atoms with Crippen LogP contribution in [0.5, 0.6) is 0 Å². The molecule has 0 atom stereocenters. The molecule has 0 amide bonds. The summed E-state index contributed by atoms with van der Waals surface area (Å²) in [6, 6.07) is 37.7. The fourth-order valence-electron chi connectivity index (χ4n) is 7.51. The number of nitrogens with zero attached hydrogens (tertiary/aromatic N) is 1. The van der Waals surface area contributed by atoms with Crippen LogP contribution in [0, 0.1) is 0 Å². The van der Waals surface area contributed by atoms with Gasteiger partial charge < -0.3 is 4.57 Å². The normalized spacial score (nSPS) is 13.7. The summed E-state index contributed by atoms with van der Waals surface area (Å²) in [6.07, 6.45) is 8.01. The Kier molecular flexibility index (Phi) is 6.97. The Labute approximate surface area is 293 Å². The van der Waals surface area contributed by atoms with Crippen LogP contribution < -0.4 is 0 Å².